The Bertz CT molecular complexity index is 983. The first kappa shape index (κ1) is 18.3. The molecule has 4 aliphatic rings. The van der Waals surface area contributed by atoms with Crippen molar-refractivity contribution >= 4 is 17.5 Å². The summed E-state index contributed by atoms with van der Waals surface area (Å²) < 4.78 is 5.57. The van der Waals surface area contributed by atoms with E-state index in [9.17, 15) is 9.59 Å². The van der Waals surface area contributed by atoms with Crippen molar-refractivity contribution in [1.29, 1.82) is 0 Å². The minimum absolute atomic E-state index is 0.0234. The maximum absolute atomic E-state index is 13.0. The van der Waals surface area contributed by atoms with Gasteiger partial charge in [0, 0.05) is 17.5 Å². The van der Waals surface area contributed by atoms with Gasteiger partial charge >= 0.3 is 0 Å². The summed E-state index contributed by atoms with van der Waals surface area (Å²) in [5, 5.41) is 9.98. The summed E-state index contributed by atoms with van der Waals surface area (Å²) in [6.45, 7) is 4.51. The lowest BCUT2D eigenvalue weighted by Gasteiger charge is -2.60. The van der Waals surface area contributed by atoms with Crippen LogP contribution in [0, 0.1) is 24.2 Å². The molecule has 29 heavy (non-hydrogen) atoms. The van der Waals surface area contributed by atoms with Crippen molar-refractivity contribution in [2.75, 3.05) is 5.32 Å². The SMILES string of the molecule is Cc1ccc(CNC(=O)[C@H]2C[C@H]3CC[C@@]2(C)C[C@]32NC(=O)c3ccccc3N2)o1. The number of furan rings is 1. The van der Waals surface area contributed by atoms with Crippen molar-refractivity contribution < 1.29 is 14.0 Å². The average Bonchev–Trinajstić information content (AvgIpc) is 3.11. The standard InChI is InChI=1S/C23H27N3O3/c1-14-7-8-16(29-14)12-24-21(28)18-11-15-9-10-22(18,2)13-23(15)25-19-6-4-3-5-17(19)20(27)26-23/h3-8,15,18,25H,9-13H2,1-2H3,(H,24,28)(H,26,27)/t15-,18-,22+,23+/m1/s1. The molecule has 0 radical (unpaired) electrons. The molecule has 3 aliphatic carbocycles. The van der Waals surface area contributed by atoms with Crippen LogP contribution in [0.1, 0.15) is 54.5 Å². The van der Waals surface area contributed by atoms with E-state index in [1.54, 1.807) is 0 Å². The van der Waals surface area contributed by atoms with Gasteiger partial charge in [-0.1, -0.05) is 19.1 Å². The first-order chi connectivity index (χ1) is 13.9. The van der Waals surface area contributed by atoms with Crippen molar-refractivity contribution in [3.63, 3.8) is 0 Å². The van der Waals surface area contributed by atoms with E-state index in [1.807, 2.05) is 43.3 Å². The molecule has 1 aromatic carbocycles. The van der Waals surface area contributed by atoms with Crippen LogP contribution in [0.25, 0.3) is 0 Å². The fraction of sp³-hybridized carbons (Fsp3) is 0.478. The molecular formula is C23H27N3O3. The minimum atomic E-state index is -0.465. The molecule has 2 heterocycles. The summed E-state index contributed by atoms with van der Waals surface area (Å²) in [7, 11) is 0. The van der Waals surface area contributed by atoms with Crippen LogP contribution in [0.2, 0.25) is 0 Å². The van der Waals surface area contributed by atoms with E-state index < -0.39 is 5.66 Å². The van der Waals surface area contributed by atoms with Crippen LogP contribution in [-0.2, 0) is 11.3 Å². The molecule has 3 N–H and O–H groups in total. The fourth-order valence-electron chi connectivity index (χ4n) is 5.73. The van der Waals surface area contributed by atoms with Crippen molar-refractivity contribution in [3.05, 3.63) is 53.5 Å². The van der Waals surface area contributed by atoms with E-state index in [4.69, 9.17) is 4.42 Å². The molecule has 6 rings (SSSR count). The van der Waals surface area contributed by atoms with Gasteiger partial charge in [0.1, 0.15) is 17.2 Å². The third-order valence-electron chi connectivity index (χ3n) is 7.22. The van der Waals surface area contributed by atoms with Gasteiger partial charge in [0.2, 0.25) is 5.91 Å². The van der Waals surface area contributed by atoms with Crippen LogP contribution in [0.5, 0.6) is 0 Å². The van der Waals surface area contributed by atoms with Crippen LogP contribution in [0.15, 0.2) is 40.8 Å². The molecule has 0 unspecified atom stereocenters. The average molecular weight is 393 g/mol. The number of anilines is 1. The maximum Gasteiger partial charge on any atom is 0.255 e. The Morgan fingerprint density at radius 2 is 2.07 bits per heavy atom. The van der Waals surface area contributed by atoms with E-state index in [-0.39, 0.29) is 29.1 Å². The zero-order chi connectivity index (χ0) is 20.2. The van der Waals surface area contributed by atoms with E-state index in [2.05, 4.69) is 22.9 Å². The van der Waals surface area contributed by atoms with Crippen molar-refractivity contribution in [2.24, 2.45) is 17.3 Å². The highest BCUT2D eigenvalue weighted by atomic mass is 16.3. The Morgan fingerprint density at radius 3 is 2.83 bits per heavy atom. The van der Waals surface area contributed by atoms with Gasteiger partial charge in [0.05, 0.1) is 12.1 Å². The molecule has 2 aromatic rings. The first-order valence-corrected chi connectivity index (χ1v) is 10.4. The van der Waals surface area contributed by atoms with Gasteiger partial charge in [-0.05, 0) is 62.3 Å². The number of aryl methyl sites for hydroxylation is 1. The predicted molar refractivity (Wildman–Crippen MR) is 109 cm³/mol. The molecule has 1 aliphatic heterocycles. The maximum atomic E-state index is 13.0. The highest BCUT2D eigenvalue weighted by molar-refractivity contribution is 6.02. The van der Waals surface area contributed by atoms with Gasteiger partial charge in [-0.25, -0.2) is 0 Å². The predicted octanol–water partition coefficient (Wildman–Crippen LogP) is 3.58. The van der Waals surface area contributed by atoms with Gasteiger partial charge in [0.15, 0.2) is 0 Å². The zero-order valence-electron chi connectivity index (χ0n) is 16.9. The molecule has 0 saturated heterocycles. The summed E-state index contributed by atoms with van der Waals surface area (Å²) >= 11 is 0. The van der Waals surface area contributed by atoms with Gasteiger partial charge < -0.3 is 20.4 Å². The number of carbonyl (C=O) groups is 2. The number of rotatable bonds is 3. The molecule has 2 amide bonds. The summed E-state index contributed by atoms with van der Waals surface area (Å²) in [5.41, 5.74) is 0.951. The quantitative estimate of drug-likeness (QED) is 0.744. The van der Waals surface area contributed by atoms with Gasteiger partial charge in [-0.3, -0.25) is 9.59 Å². The fourth-order valence-corrected chi connectivity index (χ4v) is 5.73. The Morgan fingerprint density at radius 1 is 1.24 bits per heavy atom. The summed E-state index contributed by atoms with van der Waals surface area (Å²) in [4.78, 5) is 25.8. The summed E-state index contributed by atoms with van der Waals surface area (Å²) in [6, 6.07) is 11.5. The third kappa shape index (κ3) is 2.93. The second-order valence-corrected chi connectivity index (χ2v) is 9.18. The van der Waals surface area contributed by atoms with Crippen LogP contribution in [0.3, 0.4) is 0 Å². The molecule has 6 nitrogen and oxygen atoms in total. The minimum Gasteiger partial charge on any atom is -0.465 e. The van der Waals surface area contributed by atoms with E-state index >= 15 is 0 Å². The summed E-state index contributed by atoms with van der Waals surface area (Å²) in [5.74, 6) is 1.85. The normalized spacial score (nSPS) is 32.4. The Labute approximate surface area is 170 Å². The molecule has 4 atom stereocenters. The smallest absolute Gasteiger partial charge is 0.255 e. The molecule has 152 valence electrons. The molecule has 2 bridgehead atoms. The number of hydrogen-bond acceptors (Lipinski definition) is 4. The number of amides is 2. The monoisotopic (exact) mass is 393 g/mol. The lowest BCUT2D eigenvalue weighted by Crippen LogP contribution is -2.70. The molecule has 1 aromatic heterocycles. The molecule has 6 heteroatoms. The number of hydrogen-bond donors (Lipinski definition) is 3. The second-order valence-electron chi connectivity index (χ2n) is 9.18. The molecule has 3 saturated carbocycles. The van der Waals surface area contributed by atoms with Gasteiger partial charge in [0.25, 0.3) is 5.91 Å². The van der Waals surface area contributed by atoms with Crippen LogP contribution >= 0.6 is 0 Å². The van der Waals surface area contributed by atoms with Crippen molar-refractivity contribution in [3.8, 4) is 0 Å². The Balaban J connectivity index is 1.35. The van der Waals surface area contributed by atoms with E-state index in [0.29, 0.717) is 12.1 Å². The van der Waals surface area contributed by atoms with Crippen molar-refractivity contribution in [1.82, 2.24) is 10.6 Å². The Hall–Kier alpha value is -2.76. The number of para-hydroxylation sites is 1. The topological polar surface area (TPSA) is 83.4 Å². The Kier molecular flexibility index (Phi) is 4.02. The molecule has 3 fully saturated rings. The van der Waals surface area contributed by atoms with E-state index in [0.717, 1.165) is 42.9 Å². The number of benzene rings is 1. The molecule has 1 spiro atoms. The lowest BCUT2D eigenvalue weighted by molar-refractivity contribution is -0.139. The number of fused-ring (bicyclic) bond motifs is 3. The van der Waals surface area contributed by atoms with Crippen LogP contribution in [0.4, 0.5) is 5.69 Å². The largest absolute Gasteiger partial charge is 0.465 e. The first-order valence-electron chi connectivity index (χ1n) is 10.4. The number of nitrogens with one attached hydrogen (secondary N) is 3. The highest BCUT2D eigenvalue weighted by Gasteiger charge is 2.60. The second kappa shape index (κ2) is 6.37. The van der Waals surface area contributed by atoms with Crippen LogP contribution < -0.4 is 16.0 Å². The third-order valence-corrected chi connectivity index (χ3v) is 7.22. The number of carbonyl (C=O) groups excluding carboxylic acids is 2. The molecular weight excluding hydrogens is 366 g/mol. The van der Waals surface area contributed by atoms with Gasteiger partial charge in [-0.2, -0.15) is 0 Å². The lowest BCUT2D eigenvalue weighted by atomic mass is 9.51. The van der Waals surface area contributed by atoms with Crippen molar-refractivity contribution in [2.45, 2.75) is 51.7 Å². The van der Waals surface area contributed by atoms with Gasteiger partial charge in [-0.15, -0.1) is 0 Å². The summed E-state index contributed by atoms with van der Waals surface area (Å²) in [6.07, 6.45) is 3.53. The van der Waals surface area contributed by atoms with Crippen LogP contribution in [-0.4, -0.2) is 17.5 Å². The highest BCUT2D eigenvalue weighted by Crippen LogP contribution is 2.58. The zero-order valence-corrected chi connectivity index (χ0v) is 16.9. The van der Waals surface area contributed by atoms with E-state index in [1.165, 1.54) is 0 Å².